The van der Waals surface area contributed by atoms with Crippen molar-refractivity contribution in [3.63, 3.8) is 0 Å². The highest BCUT2D eigenvalue weighted by Gasteiger charge is 2.04. The largest absolute Gasteiger partial charge is 0.380 e. The normalized spacial score (nSPS) is 13.2. The number of ether oxygens (including phenoxy) is 1. The number of hydrogen-bond donors (Lipinski definition) is 1. The summed E-state index contributed by atoms with van der Waals surface area (Å²) in [4.78, 5) is 0. The number of rotatable bonds is 8. The van der Waals surface area contributed by atoms with Crippen molar-refractivity contribution in [1.29, 1.82) is 0 Å². The van der Waals surface area contributed by atoms with Gasteiger partial charge >= 0.3 is 0 Å². The van der Waals surface area contributed by atoms with Crippen molar-refractivity contribution in [3.05, 3.63) is 12.2 Å². The molecule has 0 aromatic heterocycles. The molecule has 2 heteroatoms. The number of nitrogens with one attached hydrogen (secondary N) is 1. The van der Waals surface area contributed by atoms with Crippen LogP contribution >= 0.6 is 0 Å². The maximum absolute atomic E-state index is 5.45. The Bertz CT molecular complexity index is 154. The van der Waals surface area contributed by atoms with Crippen LogP contribution in [-0.4, -0.2) is 25.8 Å². The summed E-state index contributed by atoms with van der Waals surface area (Å²) in [5.74, 6) is 0.686. The van der Waals surface area contributed by atoms with Gasteiger partial charge in [-0.05, 0) is 26.2 Å². The first-order chi connectivity index (χ1) is 6.54. The van der Waals surface area contributed by atoms with Gasteiger partial charge in [0.05, 0.1) is 13.2 Å². The first-order valence-electron chi connectivity index (χ1n) is 5.49. The summed E-state index contributed by atoms with van der Waals surface area (Å²) in [5.41, 5.74) is 1.19. The molecular formula is C12H25NO. The molecule has 0 spiro atoms. The highest BCUT2D eigenvalue weighted by atomic mass is 16.5. The van der Waals surface area contributed by atoms with Gasteiger partial charge in [-0.3, -0.25) is 0 Å². The van der Waals surface area contributed by atoms with Crippen LogP contribution < -0.4 is 5.32 Å². The van der Waals surface area contributed by atoms with E-state index in [0.717, 1.165) is 26.2 Å². The molecule has 0 aliphatic rings. The maximum atomic E-state index is 5.45. The van der Waals surface area contributed by atoms with Crippen LogP contribution in [0.4, 0.5) is 0 Å². The van der Waals surface area contributed by atoms with Crippen molar-refractivity contribution in [2.45, 2.75) is 40.2 Å². The van der Waals surface area contributed by atoms with E-state index in [1.807, 2.05) is 6.92 Å². The van der Waals surface area contributed by atoms with E-state index >= 15 is 0 Å². The topological polar surface area (TPSA) is 21.3 Å². The van der Waals surface area contributed by atoms with Crippen molar-refractivity contribution >= 4 is 0 Å². The van der Waals surface area contributed by atoms with Crippen LogP contribution in [0.2, 0.25) is 0 Å². The molecular weight excluding hydrogens is 174 g/mol. The van der Waals surface area contributed by atoms with Gasteiger partial charge in [0.2, 0.25) is 0 Å². The summed E-state index contributed by atoms with van der Waals surface area (Å²) in [5, 5.41) is 3.42. The molecule has 0 bridgehead atoms. The van der Waals surface area contributed by atoms with E-state index in [1.165, 1.54) is 5.57 Å². The molecule has 1 N–H and O–H groups in total. The molecule has 1 atom stereocenters. The summed E-state index contributed by atoms with van der Waals surface area (Å²) in [6.07, 6.45) is 0.972. The van der Waals surface area contributed by atoms with Gasteiger partial charge in [0.1, 0.15) is 0 Å². The van der Waals surface area contributed by atoms with Gasteiger partial charge in [-0.1, -0.05) is 19.4 Å². The average Bonchev–Trinajstić information content (AvgIpc) is 2.09. The Morgan fingerprint density at radius 3 is 2.43 bits per heavy atom. The summed E-state index contributed by atoms with van der Waals surface area (Å²) in [6.45, 7) is 15.0. The quantitative estimate of drug-likeness (QED) is 0.479. The predicted octanol–water partition coefficient (Wildman–Crippen LogP) is 2.60. The lowest BCUT2D eigenvalue weighted by Gasteiger charge is -2.17. The minimum atomic E-state index is 0.569. The third kappa shape index (κ3) is 8.27. The van der Waals surface area contributed by atoms with Crippen molar-refractivity contribution in [2.24, 2.45) is 5.92 Å². The third-order valence-electron chi connectivity index (χ3n) is 2.39. The third-order valence-corrected chi connectivity index (χ3v) is 2.39. The van der Waals surface area contributed by atoms with Crippen LogP contribution in [0.25, 0.3) is 0 Å². The SMILES string of the molecule is C=C(C)CCOCCNC(C)C(C)C. The fraction of sp³-hybridized carbons (Fsp3) is 0.833. The minimum Gasteiger partial charge on any atom is -0.380 e. The molecule has 0 aliphatic heterocycles. The Hall–Kier alpha value is -0.340. The van der Waals surface area contributed by atoms with Gasteiger partial charge in [-0.15, -0.1) is 6.58 Å². The molecule has 0 aliphatic carbocycles. The van der Waals surface area contributed by atoms with Crippen molar-refractivity contribution in [2.75, 3.05) is 19.8 Å². The van der Waals surface area contributed by atoms with Crippen molar-refractivity contribution in [3.8, 4) is 0 Å². The average molecular weight is 199 g/mol. The summed E-state index contributed by atoms with van der Waals surface area (Å²) < 4.78 is 5.45. The smallest absolute Gasteiger partial charge is 0.0591 e. The molecule has 0 heterocycles. The Kier molecular flexibility index (Phi) is 7.81. The van der Waals surface area contributed by atoms with E-state index in [9.17, 15) is 0 Å². The summed E-state index contributed by atoms with van der Waals surface area (Å²) in [7, 11) is 0. The van der Waals surface area contributed by atoms with Gasteiger partial charge in [0.15, 0.2) is 0 Å². The van der Waals surface area contributed by atoms with Gasteiger partial charge in [0, 0.05) is 12.6 Å². The van der Waals surface area contributed by atoms with Crippen LogP contribution in [-0.2, 0) is 4.74 Å². The van der Waals surface area contributed by atoms with Gasteiger partial charge in [-0.2, -0.15) is 0 Å². The first-order valence-corrected chi connectivity index (χ1v) is 5.49. The van der Waals surface area contributed by atoms with E-state index < -0.39 is 0 Å². The van der Waals surface area contributed by atoms with Crippen LogP contribution in [0.1, 0.15) is 34.1 Å². The molecule has 84 valence electrons. The molecule has 2 nitrogen and oxygen atoms in total. The molecule has 1 unspecified atom stereocenters. The fourth-order valence-electron chi connectivity index (χ4n) is 0.943. The molecule has 0 amide bonds. The molecule has 14 heavy (non-hydrogen) atoms. The molecule has 0 aromatic carbocycles. The Balaban J connectivity index is 3.17. The van der Waals surface area contributed by atoms with Crippen molar-refractivity contribution in [1.82, 2.24) is 5.32 Å². The van der Waals surface area contributed by atoms with Crippen LogP contribution in [0.15, 0.2) is 12.2 Å². The zero-order valence-electron chi connectivity index (χ0n) is 10.1. The van der Waals surface area contributed by atoms with Crippen LogP contribution in [0, 0.1) is 5.92 Å². The molecule has 0 saturated heterocycles. The Morgan fingerprint density at radius 2 is 1.93 bits per heavy atom. The standard InChI is InChI=1S/C12H25NO/c1-10(2)6-8-14-9-7-13-12(5)11(3)4/h11-13H,1,6-9H2,2-5H3. The highest BCUT2D eigenvalue weighted by molar-refractivity contribution is 4.87. The maximum Gasteiger partial charge on any atom is 0.0591 e. The molecule has 0 fully saturated rings. The first kappa shape index (κ1) is 13.7. The second-order valence-corrected chi connectivity index (χ2v) is 4.31. The van der Waals surface area contributed by atoms with Crippen molar-refractivity contribution < 1.29 is 4.74 Å². The zero-order valence-corrected chi connectivity index (χ0v) is 10.1. The second-order valence-electron chi connectivity index (χ2n) is 4.31. The number of hydrogen-bond acceptors (Lipinski definition) is 2. The lowest BCUT2D eigenvalue weighted by atomic mass is 10.1. The zero-order chi connectivity index (χ0) is 11.0. The van der Waals surface area contributed by atoms with E-state index in [0.29, 0.717) is 12.0 Å². The second kappa shape index (κ2) is 8.01. The summed E-state index contributed by atoms with van der Waals surface area (Å²) >= 11 is 0. The van der Waals surface area contributed by atoms with E-state index in [2.05, 4.69) is 32.7 Å². The molecule has 0 rings (SSSR count). The van der Waals surface area contributed by atoms with Gasteiger partial charge < -0.3 is 10.1 Å². The molecule has 0 saturated carbocycles. The van der Waals surface area contributed by atoms with E-state index in [1.54, 1.807) is 0 Å². The fourth-order valence-corrected chi connectivity index (χ4v) is 0.943. The molecule has 0 aromatic rings. The van der Waals surface area contributed by atoms with Gasteiger partial charge in [-0.25, -0.2) is 0 Å². The Labute approximate surface area is 88.7 Å². The van der Waals surface area contributed by atoms with Crippen LogP contribution in [0.5, 0.6) is 0 Å². The monoisotopic (exact) mass is 199 g/mol. The van der Waals surface area contributed by atoms with E-state index in [-0.39, 0.29) is 0 Å². The van der Waals surface area contributed by atoms with Crippen LogP contribution in [0.3, 0.4) is 0 Å². The molecule has 0 radical (unpaired) electrons. The van der Waals surface area contributed by atoms with Gasteiger partial charge in [0.25, 0.3) is 0 Å². The minimum absolute atomic E-state index is 0.569. The highest BCUT2D eigenvalue weighted by Crippen LogP contribution is 1.99. The predicted molar refractivity (Wildman–Crippen MR) is 62.6 cm³/mol. The lowest BCUT2D eigenvalue weighted by molar-refractivity contribution is 0.135. The summed E-state index contributed by atoms with van der Waals surface area (Å²) in [6, 6.07) is 0.569. The Morgan fingerprint density at radius 1 is 1.29 bits per heavy atom. The lowest BCUT2D eigenvalue weighted by Crippen LogP contribution is -2.33. The van der Waals surface area contributed by atoms with E-state index in [4.69, 9.17) is 4.74 Å².